The van der Waals surface area contributed by atoms with E-state index >= 15 is 0 Å². The summed E-state index contributed by atoms with van der Waals surface area (Å²) < 4.78 is 0. The van der Waals surface area contributed by atoms with Crippen molar-refractivity contribution in [3.63, 3.8) is 0 Å². The third kappa shape index (κ3) is 1.70. The summed E-state index contributed by atoms with van der Waals surface area (Å²) in [5, 5.41) is 19.3. The van der Waals surface area contributed by atoms with Gasteiger partial charge in [-0.05, 0) is 62.7 Å². The molecule has 3 nitrogen and oxygen atoms in total. The number of aliphatic hydroxyl groups excluding tert-OH is 1. The molecule has 0 aromatic heterocycles. The minimum atomic E-state index is -0.595. The Kier molecular flexibility index (Phi) is 2.69. The van der Waals surface area contributed by atoms with E-state index in [1.807, 2.05) is 0 Å². The van der Waals surface area contributed by atoms with Crippen molar-refractivity contribution in [1.29, 1.82) is 0 Å². The molecular formula is C14H22O3. The van der Waals surface area contributed by atoms with Crippen LogP contribution in [0.1, 0.15) is 51.4 Å². The number of aliphatic hydroxyl groups is 1. The standard InChI is InChI=1S/C14H22O3/c15-11-3-5-14(6-4-11,13(16)17)12-8-9-1-2-10(12)7-9/h9-12,15H,1-8H2,(H,16,17). The average molecular weight is 238 g/mol. The molecule has 3 heteroatoms. The number of rotatable bonds is 2. The van der Waals surface area contributed by atoms with Gasteiger partial charge in [0.15, 0.2) is 0 Å². The van der Waals surface area contributed by atoms with Gasteiger partial charge in [0.2, 0.25) is 0 Å². The van der Waals surface area contributed by atoms with E-state index in [9.17, 15) is 15.0 Å². The van der Waals surface area contributed by atoms with Crippen molar-refractivity contribution in [3.8, 4) is 0 Å². The second-order valence-corrected chi connectivity index (χ2v) is 6.47. The molecule has 2 N–H and O–H groups in total. The maximum absolute atomic E-state index is 11.8. The Morgan fingerprint density at radius 2 is 1.76 bits per heavy atom. The first-order valence-corrected chi connectivity index (χ1v) is 7.03. The number of carboxylic acid groups (broad SMARTS) is 1. The summed E-state index contributed by atoms with van der Waals surface area (Å²) in [4.78, 5) is 11.8. The summed E-state index contributed by atoms with van der Waals surface area (Å²) in [6.45, 7) is 0. The van der Waals surface area contributed by atoms with Gasteiger partial charge in [-0.3, -0.25) is 4.79 Å². The molecule has 0 spiro atoms. The van der Waals surface area contributed by atoms with Crippen molar-refractivity contribution in [2.24, 2.45) is 23.2 Å². The number of carbonyl (C=O) groups is 1. The summed E-state index contributed by atoms with van der Waals surface area (Å²) in [5.74, 6) is 1.26. The molecular weight excluding hydrogens is 216 g/mol. The molecule has 3 saturated carbocycles. The van der Waals surface area contributed by atoms with E-state index in [0.29, 0.717) is 37.5 Å². The number of hydrogen-bond donors (Lipinski definition) is 2. The lowest BCUT2D eigenvalue weighted by Crippen LogP contribution is -2.44. The van der Waals surface area contributed by atoms with Crippen LogP contribution in [0.2, 0.25) is 0 Å². The van der Waals surface area contributed by atoms with Crippen molar-refractivity contribution in [2.45, 2.75) is 57.5 Å². The molecule has 3 rings (SSSR count). The first-order valence-electron chi connectivity index (χ1n) is 7.03. The van der Waals surface area contributed by atoms with Crippen LogP contribution in [0, 0.1) is 23.2 Å². The zero-order valence-corrected chi connectivity index (χ0v) is 10.3. The van der Waals surface area contributed by atoms with Crippen LogP contribution in [0.15, 0.2) is 0 Å². The Hall–Kier alpha value is -0.570. The van der Waals surface area contributed by atoms with Gasteiger partial charge >= 0.3 is 5.97 Å². The predicted octanol–water partition coefficient (Wildman–Crippen LogP) is 2.43. The van der Waals surface area contributed by atoms with Crippen LogP contribution < -0.4 is 0 Å². The van der Waals surface area contributed by atoms with Gasteiger partial charge in [0.25, 0.3) is 0 Å². The summed E-state index contributed by atoms with van der Waals surface area (Å²) >= 11 is 0. The monoisotopic (exact) mass is 238 g/mol. The molecule has 0 saturated heterocycles. The molecule has 96 valence electrons. The summed E-state index contributed by atoms with van der Waals surface area (Å²) in [6, 6.07) is 0. The van der Waals surface area contributed by atoms with E-state index in [1.165, 1.54) is 19.3 Å². The second-order valence-electron chi connectivity index (χ2n) is 6.47. The molecule has 17 heavy (non-hydrogen) atoms. The van der Waals surface area contributed by atoms with E-state index < -0.39 is 11.4 Å². The van der Waals surface area contributed by atoms with Gasteiger partial charge in [-0.1, -0.05) is 6.42 Å². The van der Waals surface area contributed by atoms with Gasteiger partial charge in [0.1, 0.15) is 0 Å². The Labute approximate surface area is 102 Å². The van der Waals surface area contributed by atoms with Crippen molar-refractivity contribution in [3.05, 3.63) is 0 Å². The van der Waals surface area contributed by atoms with Gasteiger partial charge in [-0.2, -0.15) is 0 Å². The van der Waals surface area contributed by atoms with Crippen LogP contribution in [-0.4, -0.2) is 22.3 Å². The summed E-state index contributed by atoms with van der Waals surface area (Å²) in [7, 11) is 0. The fourth-order valence-electron chi connectivity index (χ4n) is 4.78. The third-order valence-electron chi connectivity index (χ3n) is 5.72. The maximum Gasteiger partial charge on any atom is 0.309 e. The molecule has 2 bridgehead atoms. The average Bonchev–Trinajstić information content (AvgIpc) is 2.92. The molecule has 0 heterocycles. The Morgan fingerprint density at radius 3 is 2.24 bits per heavy atom. The van der Waals surface area contributed by atoms with Crippen molar-refractivity contribution < 1.29 is 15.0 Å². The number of fused-ring (bicyclic) bond motifs is 2. The molecule has 0 aromatic carbocycles. The number of hydrogen-bond acceptors (Lipinski definition) is 2. The smallest absolute Gasteiger partial charge is 0.309 e. The van der Waals surface area contributed by atoms with E-state index in [-0.39, 0.29) is 6.10 Å². The van der Waals surface area contributed by atoms with Crippen molar-refractivity contribution in [1.82, 2.24) is 0 Å². The molecule has 3 atom stereocenters. The van der Waals surface area contributed by atoms with Crippen LogP contribution in [0.4, 0.5) is 0 Å². The maximum atomic E-state index is 11.8. The van der Waals surface area contributed by atoms with Crippen LogP contribution in [0.3, 0.4) is 0 Å². The molecule has 3 fully saturated rings. The Bertz CT molecular complexity index is 317. The molecule has 0 aromatic rings. The molecule has 3 aliphatic rings. The van der Waals surface area contributed by atoms with Crippen molar-refractivity contribution in [2.75, 3.05) is 0 Å². The number of aliphatic carboxylic acids is 1. The largest absolute Gasteiger partial charge is 0.481 e. The second kappa shape index (κ2) is 3.98. The minimum absolute atomic E-state index is 0.263. The predicted molar refractivity (Wildman–Crippen MR) is 63.5 cm³/mol. The van der Waals surface area contributed by atoms with Crippen molar-refractivity contribution >= 4 is 5.97 Å². The highest BCUT2D eigenvalue weighted by Crippen LogP contribution is 2.58. The van der Waals surface area contributed by atoms with Crippen LogP contribution in [0.5, 0.6) is 0 Å². The lowest BCUT2D eigenvalue weighted by atomic mass is 9.61. The van der Waals surface area contributed by atoms with Gasteiger partial charge in [-0.25, -0.2) is 0 Å². The number of carboxylic acids is 1. The van der Waals surface area contributed by atoms with E-state index in [4.69, 9.17) is 0 Å². The van der Waals surface area contributed by atoms with E-state index in [0.717, 1.165) is 12.3 Å². The zero-order valence-electron chi connectivity index (χ0n) is 10.3. The highest BCUT2D eigenvalue weighted by Gasteiger charge is 2.55. The molecule has 0 radical (unpaired) electrons. The zero-order chi connectivity index (χ0) is 12.0. The molecule has 3 aliphatic carbocycles. The summed E-state index contributed by atoms with van der Waals surface area (Å²) in [5.41, 5.74) is -0.501. The highest BCUT2D eigenvalue weighted by atomic mass is 16.4. The van der Waals surface area contributed by atoms with Crippen LogP contribution >= 0.6 is 0 Å². The van der Waals surface area contributed by atoms with E-state index in [2.05, 4.69) is 0 Å². The first-order chi connectivity index (χ1) is 8.12. The topological polar surface area (TPSA) is 57.5 Å². The minimum Gasteiger partial charge on any atom is -0.481 e. The Balaban J connectivity index is 1.83. The quantitative estimate of drug-likeness (QED) is 0.776. The third-order valence-corrected chi connectivity index (χ3v) is 5.72. The SMILES string of the molecule is O=C(O)C1(C2CC3CCC2C3)CCC(O)CC1. The van der Waals surface area contributed by atoms with E-state index in [1.54, 1.807) is 0 Å². The lowest BCUT2D eigenvalue weighted by Gasteiger charge is -2.43. The van der Waals surface area contributed by atoms with Crippen LogP contribution in [0.25, 0.3) is 0 Å². The van der Waals surface area contributed by atoms with Gasteiger partial charge in [0.05, 0.1) is 11.5 Å². The van der Waals surface area contributed by atoms with Crippen LogP contribution in [-0.2, 0) is 4.79 Å². The molecule has 0 aliphatic heterocycles. The fraction of sp³-hybridized carbons (Fsp3) is 0.929. The molecule has 3 unspecified atom stereocenters. The highest BCUT2D eigenvalue weighted by molar-refractivity contribution is 5.75. The Morgan fingerprint density at radius 1 is 1.06 bits per heavy atom. The normalized spacial score (nSPS) is 49.5. The summed E-state index contributed by atoms with van der Waals surface area (Å²) in [6.07, 6.45) is 7.44. The molecule has 0 amide bonds. The first kappa shape index (κ1) is 11.5. The van der Waals surface area contributed by atoms with Gasteiger partial charge in [-0.15, -0.1) is 0 Å². The van der Waals surface area contributed by atoms with Gasteiger partial charge < -0.3 is 10.2 Å². The fourth-order valence-corrected chi connectivity index (χ4v) is 4.78. The van der Waals surface area contributed by atoms with Gasteiger partial charge in [0, 0.05) is 0 Å². The lowest BCUT2D eigenvalue weighted by molar-refractivity contribution is -0.159.